The molecule has 0 unspecified atom stereocenters. The number of thiophene rings is 1. The Hall–Kier alpha value is -3.00. The first-order chi connectivity index (χ1) is 13.8. The van der Waals surface area contributed by atoms with Crippen LogP contribution in [0.4, 0.5) is 10.7 Å². The number of benzene rings is 1. The Morgan fingerprint density at radius 3 is 2.76 bits per heavy atom. The third-order valence-corrected chi connectivity index (χ3v) is 5.67. The average molecular weight is 414 g/mol. The van der Waals surface area contributed by atoms with E-state index >= 15 is 0 Å². The summed E-state index contributed by atoms with van der Waals surface area (Å²) in [5.74, 6) is -0.828. The van der Waals surface area contributed by atoms with Crippen LogP contribution in [0.2, 0.25) is 0 Å². The molecule has 0 fully saturated rings. The normalized spacial score (nSPS) is 13.3. The second-order valence-corrected chi connectivity index (χ2v) is 8.15. The van der Waals surface area contributed by atoms with Crippen LogP contribution in [0.3, 0.4) is 0 Å². The lowest BCUT2D eigenvalue weighted by molar-refractivity contribution is -0.384. The molecule has 1 N–H and O–H groups in total. The summed E-state index contributed by atoms with van der Waals surface area (Å²) in [6, 6.07) is 6.01. The number of nitro benzene ring substituents is 1. The summed E-state index contributed by atoms with van der Waals surface area (Å²) < 4.78 is 5.38. The van der Waals surface area contributed by atoms with Gasteiger partial charge in [0.15, 0.2) is 0 Å². The third-order valence-electron chi connectivity index (χ3n) is 4.46. The number of fused-ring (bicyclic) bond motifs is 1. The van der Waals surface area contributed by atoms with Gasteiger partial charge in [-0.15, -0.1) is 11.3 Å². The molecule has 1 aromatic heterocycles. The van der Waals surface area contributed by atoms with Crippen molar-refractivity contribution in [3.05, 3.63) is 62.0 Å². The van der Waals surface area contributed by atoms with Gasteiger partial charge in [-0.2, -0.15) is 0 Å². The van der Waals surface area contributed by atoms with Gasteiger partial charge in [-0.3, -0.25) is 14.9 Å². The highest BCUT2D eigenvalue weighted by Gasteiger charge is 2.27. The molecule has 0 spiro atoms. The molecule has 1 aliphatic rings. The molecule has 1 aromatic carbocycles. The summed E-state index contributed by atoms with van der Waals surface area (Å²) in [5.41, 5.74) is 1.93. The number of anilines is 1. The molecule has 29 heavy (non-hydrogen) atoms. The fraction of sp³-hybridized carbons (Fsp3) is 0.333. The molecular weight excluding hydrogens is 392 g/mol. The first-order valence-corrected chi connectivity index (χ1v) is 10.3. The molecule has 2 aromatic rings. The van der Waals surface area contributed by atoms with Gasteiger partial charge < -0.3 is 10.1 Å². The highest BCUT2D eigenvalue weighted by atomic mass is 32.1. The molecule has 152 valence electrons. The molecule has 0 aliphatic heterocycles. The monoisotopic (exact) mass is 414 g/mol. The zero-order valence-electron chi connectivity index (χ0n) is 16.3. The van der Waals surface area contributed by atoms with Crippen LogP contribution in [0, 0.1) is 10.1 Å². The molecular formula is C21H22N2O5S. The lowest BCUT2D eigenvalue weighted by atomic mass is 9.95. The van der Waals surface area contributed by atoms with Crippen LogP contribution in [-0.4, -0.2) is 22.9 Å². The smallest absolute Gasteiger partial charge is 0.341 e. The summed E-state index contributed by atoms with van der Waals surface area (Å²) in [6.07, 6.45) is 6.31. The summed E-state index contributed by atoms with van der Waals surface area (Å²) in [6.45, 7) is 3.58. The maximum Gasteiger partial charge on any atom is 0.341 e. The summed E-state index contributed by atoms with van der Waals surface area (Å²) in [7, 11) is 0. The van der Waals surface area contributed by atoms with E-state index in [1.807, 2.05) is 0 Å². The number of rotatable bonds is 6. The molecule has 3 rings (SSSR count). The number of carbonyl (C=O) groups excluding carboxylic acids is 2. The minimum absolute atomic E-state index is 0.0443. The van der Waals surface area contributed by atoms with Gasteiger partial charge in [0.2, 0.25) is 5.91 Å². The lowest BCUT2D eigenvalue weighted by Gasteiger charge is -2.14. The van der Waals surface area contributed by atoms with E-state index in [2.05, 4.69) is 5.32 Å². The zero-order chi connectivity index (χ0) is 21.0. The number of nitro groups is 1. The van der Waals surface area contributed by atoms with Crippen molar-refractivity contribution in [1.29, 1.82) is 0 Å². The number of nitrogens with zero attached hydrogens (tertiary/aromatic N) is 1. The van der Waals surface area contributed by atoms with E-state index in [1.165, 1.54) is 35.6 Å². The van der Waals surface area contributed by atoms with E-state index in [0.29, 0.717) is 16.1 Å². The number of non-ortho nitro benzene ring substituents is 1. The van der Waals surface area contributed by atoms with Crippen LogP contribution in [0.1, 0.15) is 53.1 Å². The van der Waals surface area contributed by atoms with Crippen molar-refractivity contribution in [2.45, 2.75) is 45.6 Å². The minimum Gasteiger partial charge on any atom is -0.459 e. The molecule has 8 heteroatoms. The Balaban J connectivity index is 1.81. The van der Waals surface area contributed by atoms with Gasteiger partial charge in [0, 0.05) is 23.1 Å². The van der Waals surface area contributed by atoms with Gasteiger partial charge in [0.25, 0.3) is 5.69 Å². The summed E-state index contributed by atoms with van der Waals surface area (Å²) in [4.78, 5) is 36.6. The van der Waals surface area contributed by atoms with Gasteiger partial charge >= 0.3 is 5.97 Å². The number of esters is 1. The van der Waals surface area contributed by atoms with Crippen molar-refractivity contribution < 1.29 is 19.2 Å². The molecule has 1 heterocycles. The maximum absolute atomic E-state index is 12.6. The number of ether oxygens (including phenoxy) is 1. The van der Waals surface area contributed by atoms with Gasteiger partial charge in [0.1, 0.15) is 5.00 Å². The first-order valence-electron chi connectivity index (χ1n) is 9.44. The molecule has 0 radical (unpaired) electrons. The van der Waals surface area contributed by atoms with Crippen LogP contribution in [0.5, 0.6) is 0 Å². The molecule has 0 atom stereocenters. The standard InChI is InChI=1S/C21H22N2O5S/c1-13(2)28-21(25)19-16-8-3-4-9-17(16)29-20(19)22-18(24)11-10-14-6-5-7-15(12-14)23(26)27/h5-7,10-13H,3-4,8-9H2,1-2H3,(H,22,24). The Morgan fingerprint density at radius 1 is 1.28 bits per heavy atom. The lowest BCUT2D eigenvalue weighted by Crippen LogP contribution is -2.17. The van der Waals surface area contributed by atoms with Crippen LogP contribution in [0.15, 0.2) is 30.3 Å². The fourth-order valence-electron chi connectivity index (χ4n) is 3.21. The van der Waals surface area contributed by atoms with Crippen molar-refractivity contribution >= 4 is 40.0 Å². The number of aryl methyl sites for hydroxylation is 1. The Kier molecular flexibility index (Phi) is 6.43. The Morgan fingerprint density at radius 2 is 2.03 bits per heavy atom. The summed E-state index contributed by atoms with van der Waals surface area (Å²) in [5, 5.41) is 14.2. The fourth-order valence-corrected chi connectivity index (χ4v) is 4.49. The van der Waals surface area contributed by atoms with Crippen molar-refractivity contribution in [2.75, 3.05) is 5.32 Å². The van der Waals surface area contributed by atoms with Crippen LogP contribution >= 0.6 is 11.3 Å². The SMILES string of the molecule is CC(C)OC(=O)c1c(NC(=O)C=Cc2cccc([N+](=O)[O-])c2)sc2c1CCCC2. The second kappa shape index (κ2) is 9.00. The van der Waals surface area contributed by atoms with E-state index < -0.39 is 16.8 Å². The third kappa shape index (κ3) is 5.08. The topological polar surface area (TPSA) is 98.5 Å². The number of hydrogen-bond donors (Lipinski definition) is 1. The van der Waals surface area contributed by atoms with Gasteiger partial charge in [-0.05, 0) is 56.7 Å². The molecule has 1 amide bonds. The highest BCUT2D eigenvalue weighted by Crippen LogP contribution is 2.38. The highest BCUT2D eigenvalue weighted by molar-refractivity contribution is 7.17. The van der Waals surface area contributed by atoms with Gasteiger partial charge in [-0.1, -0.05) is 12.1 Å². The quantitative estimate of drug-likeness (QED) is 0.318. The Bertz CT molecular complexity index is 977. The first kappa shape index (κ1) is 20.7. The van der Waals surface area contributed by atoms with Crippen LogP contribution < -0.4 is 5.32 Å². The predicted octanol–water partition coefficient (Wildman–Crippen LogP) is 4.75. The largest absolute Gasteiger partial charge is 0.459 e. The number of amides is 1. The molecule has 1 aliphatic carbocycles. The van der Waals surface area contributed by atoms with E-state index in [9.17, 15) is 19.7 Å². The molecule has 0 saturated carbocycles. The maximum atomic E-state index is 12.6. The van der Waals surface area contributed by atoms with E-state index in [0.717, 1.165) is 36.1 Å². The van der Waals surface area contributed by atoms with E-state index in [1.54, 1.807) is 26.0 Å². The van der Waals surface area contributed by atoms with Crippen LogP contribution in [0.25, 0.3) is 6.08 Å². The number of carbonyl (C=O) groups is 2. The average Bonchev–Trinajstić information content (AvgIpc) is 3.03. The molecule has 0 saturated heterocycles. The minimum atomic E-state index is -0.486. The van der Waals surface area contributed by atoms with Crippen molar-refractivity contribution in [3.8, 4) is 0 Å². The van der Waals surface area contributed by atoms with Crippen molar-refractivity contribution in [1.82, 2.24) is 0 Å². The molecule has 0 bridgehead atoms. The van der Waals surface area contributed by atoms with Gasteiger partial charge in [-0.25, -0.2) is 4.79 Å². The van der Waals surface area contributed by atoms with Crippen LogP contribution in [-0.2, 0) is 22.4 Å². The van der Waals surface area contributed by atoms with Crippen molar-refractivity contribution in [3.63, 3.8) is 0 Å². The summed E-state index contributed by atoms with van der Waals surface area (Å²) >= 11 is 1.42. The van der Waals surface area contributed by atoms with E-state index in [4.69, 9.17) is 4.74 Å². The zero-order valence-corrected chi connectivity index (χ0v) is 17.1. The molecule has 7 nitrogen and oxygen atoms in total. The van der Waals surface area contributed by atoms with Crippen molar-refractivity contribution in [2.24, 2.45) is 0 Å². The Labute approximate surface area is 172 Å². The second-order valence-electron chi connectivity index (χ2n) is 7.04. The number of hydrogen-bond acceptors (Lipinski definition) is 6. The van der Waals surface area contributed by atoms with Gasteiger partial charge in [0.05, 0.1) is 16.6 Å². The van der Waals surface area contributed by atoms with E-state index in [-0.39, 0.29) is 11.8 Å². The number of nitrogens with one attached hydrogen (secondary N) is 1. The predicted molar refractivity (Wildman–Crippen MR) is 112 cm³/mol.